The quantitative estimate of drug-likeness (QED) is 0.300. The number of hydrogen-bond acceptors (Lipinski definition) is 2. The van der Waals surface area contributed by atoms with Crippen LogP contribution in [-0.4, -0.2) is 21.5 Å². The van der Waals surface area contributed by atoms with E-state index >= 15 is 0 Å². The summed E-state index contributed by atoms with van der Waals surface area (Å²) in [4.78, 5) is 0. The van der Waals surface area contributed by atoms with E-state index in [0.29, 0.717) is 19.1 Å². The first-order valence-corrected chi connectivity index (χ1v) is 11.9. The standard InChI is InChI=1S/C21H36O2Si/c1-18(13-14-22-17-20-11-9-8-10-12-20)15-19(2)16-23-24(6,7)21(3,4)5/h8-13,19H,14-17H2,1-7H3/b18-13+/t19-/m1/s1. The fraction of sp³-hybridized carbons (Fsp3) is 0.619. The first kappa shape index (κ1) is 21.1. The summed E-state index contributed by atoms with van der Waals surface area (Å²) in [5, 5.41) is 0.281. The molecule has 1 atom stereocenters. The fourth-order valence-corrected chi connectivity index (χ4v) is 3.35. The molecule has 0 aromatic heterocycles. The van der Waals surface area contributed by atoms with Crippen LogP contribution in [0.25, 0.3) is 0 Å². The first-order valence-electron chi connectivity index (χ1n) is 9.03. The molecule has 0 spiro atoms. The van der Waals surface area contributed by atoms with Gasteiger partial charge in [0.05, 0.1) is 13.2 Å². The molecule has 1 aromatic rings. The second-order valence-electron chi connectivity index (χ2n) is 8.43. The molecule has 0 saturated heterocycles. The van der Waals surface area contributed by atoms with Crippen molar-refractivity contribution in [2.75, 3.05) is 13.2 Å². The van der Waals surface area contributed by atoms with Gasteiger partial charge in [-0.15, -0.1) is 0 Å². The van der Waals surface area contributed by atoms with Gasteiger partial charge in [-0.2, -0.15) is 0 Å². The molecule has 0 aliphatic carbocycles. The number of hydrogen-bond donors (Lipinski definition) is 0. The van der Waals surface area contributed by atoms with Crippen LogP contribution in [0.5, 0.6) is 0 Å². The lowest BCUT2D eigenvalue weighted by atomic mass is 10.0. The van der Waals surface area contributed by atoms with Crippen molar-refractivity contribution < 1.29 is 9.16 Å². The third-order valence-electron chi connectivity index (χ3n) is 4.87. The molecule has 1 rings (SSSR count). The summed E-state index contributed by atoms with van der Waals surface area (Å²) in [6.45, 7) is 18.2. The summed E-state index contributed by atoms with van der Waals surface area (Å²) < 4.78 is 12.1. The highest BCUT2D eigenvalue weighted by atomic mass is 28.4. The molecule has 0 aliphatic rings. The van der Waals surface area contributed by atoms with Gasteiger partial charge in [0.2, 0.25) is 0 Å². The monoisotopic (exact) mass is 348 g/mol. The Morgan fingerprint density at radius 1 is 1.17 bits per heavy atom. The van der Waals surface area contributed by atoms with E-state index in [1.165, 1.54) is 11.1 Å². The van der Waals surface area contributed by atoms with Gasteiger partial charge in [-0.3, -0.25) is 0 Å². The van der Waals surface area contributed by atoms with E-state index in [2.05, 4.69) is 65.9 Å². The second-order valence-corrected chi connectivity index (χ2v) is 13.2. The van der Waals surface area contributed by atoms with Gasteiger partial charge in [0.25, 0.3) is 0 Å². The van der Waals surface area contributed by atoms with Gasteiger partial charge in [0.1, 0.15) is 0 Å². The van der Waals surface area contributed by atoms with Crippen molar-refractivity contribution in [3.05, 3.63) is 47.5 Å². The fourth-order valence-electron chi connectivity index (χ4n) is 2.21. The zero-order chi connectivity index (χ0) is 18.2. The normalized spacial score (nSPS) is 14.7. The van der Waals surface area contributed by atoms with Crippen molar-refractivity contribution in [1.82, 2.24) is 0 Å². The van der Waals surface area contributed by atoms with Gasteiger partial charge in [-0.1, -0.05) is 69.7 Å². The molecule has 0 aliphatic heterocycles. The summed E-state index contributed by atoms with van der Waals surface area (Å²) in [7, 11) is -1.63. The molecule has 1 aromatic carbocycles. The lowest BCUT2D eigenvalue weighted by Crippen LogP contribution is -2.41. The summed E-state index contributed by atoms with van der Waals surface area (Å²) in [6.07, 6.45) is 3.27. The van der Waals surface area contributed by atoms with Gasteiger partial charge in [0, 0.05) is 6.61 Å². The van der Waals surface area contributed by atoms with E-state index in [0.717, 1.165) is 13.0 Å². The van der Waals surface area contributed by atoms with Gasteiger partial charge >= 0.3 is 0 Å². The van der Waals surface area contributed by atoms with Crippen LogP contribution in [0.1, 0.15) is 46.6 Å². The molecular formula is C21H36O2Si. The van der Waals surface area contributed by atoms with Crippen LogP contribution in [0, 0.1) is 5.92 Å². The van der Waals surface area contributed by atoms with E-state index in [4.69, 9.17) is 9.16 Å². The van der Waals surface area contributed by atoms with Gasteiger partial charge in [-0.25, -0.2) is 0 Å². The molecular weight excluding hydrogens is 312 g/mol. The van der Waals surface area contributed by atoms with E-state index in [1.54, 1.807) is 0 Å². The maximum atomic E-state index is 6.32. The van der Waals surface area contributed by atoms with Crippen molar-refractivity contribution >= 4 is 8.32 Å². The average Bonchev–Trinajstić information content (AvgIpc) is 2.49. The van der Waals surface area contributed by atoms with E-state index in [9.17, 15) is 0 Å². The van der Waals surface area contributed by atoms with Crippen molar-refractivity contribution in [2.45, 2.75) is 65.8 Å². The molecule has 24 heavy (non-hydrogen) atoms. The molecule has 3 heteroatoms. The Morgan fingerprint density at radius 3 is 2.38 bits per heavy atom. The first-order chi connectivity index (χ1) is 11.1. The zero-order valence-corrected chi connectivity index (χ0v) is 17.7. The Hall–Kier alpha value is -0.903. The largest absolute Gasteiger partial charge is 0.417 e. The minimum absolute atomic E-state index is 0.281. The molecule has 2 nitrogen and oxygen atoms in total. The van der Waals surface area contributed by atoms with Crippen LogP contribution < -0.4 is 0 Å². The zero-order valence-electron chi connectivity index (χ0n) is 16.7. The van der Waals surface area contributed by atoms with E-state index in [-0.39, 0.29) is 5.04 Å². The van der Waals surface area contributed by atoms with Crippen LogP contribution in [0.4, 0.5) is 0 Å². The van der Waals surface area contributed by atoms with Crippen molar-refractivity contribution in [2.24, 2.45) is 5.92 Å². The molecule has 0 N–H and O–H groups in total. The van der Waals surface area contributed by atoms with Crippen molar-refractivity contribution in [3.8, 4) is 0 Å². The Bertz CT molecular complexity index is 500. The number of rotatable bonds is 9. The highest BCUT2D eigenvalue weighted by molar-refractivity contribution is 6.74. The number of ether oxygens (including phenoxy) is 1. The van der Waals surface area contributed by atoms with Crippen LogP contribution in [-0.2, 0) is 15.8 Å². The van der Waals surface area contributed by atoms with Gasteiger partial charge in [0.15, 0.2) is 8.32 Å². The summed E-state index contributed by atoms with van der Waals surface area (Å²) in [5.41, 5.74) is 2.61. The average molecular weight is 349 g/mol. The van der Waals surface area contributed by atoms with E-state index < -0.39 is 8.32 Å². The minimum atomic E-state index is -1.63. The molecule has 0 saturated carbocycles. The summed E-state index contributed by atoms with van der Waals surface area (Å²) in [6, 6.07) is 10.3. The van der Waals surface area contributed by atoms with Gasteiger partial charge < -0.3 is 9.16 Å². The minimum Gasteiger partial charge on any atom is -0.417 e. The molecule has 0 fully saturated rings. The smallest absolute Gasteiger partial charge is 0.191 e. The highest BCUT2D eigenvalue weighted by Gasteiger charge is 2.37. The predicted molar refractivity (Wildman–Crippen MR) is 107 cm³/mol. The van der Waals surface area contributed by atoms with Crippen molar-refractivity contribution in [1.29, 1.82) is 0 Å². The molecule has 0 radical (unpaired) electrons. The molecule has 136 valence electrons. The second kappa shape index (κ2) is 9.55. The van der Waals surface area contributed by atoms with Crippen LogP contribution >= 0.6 is 0 Å². The lowest BCUT2D eigenvalue weighted by Gasteiger charge is -2.37. The number of benzene rings is 1. The maximum absolute atomic E-state index is 6.32. The third kappa shape index (κ3) is 7.78. The highest BCUT2D eigenvalue weighted by Crippen LogP contribution is 2.36. The SMILES string of the molecule is C/C(=C\COCc1ccccc1)C[C@@H](C)CO[Si](C)(C)C(C)(C)C. The third-order valence-corrected chi connectivity index (χ3v) is 9.37. The topological polar surface area (TPSA) is 18.5 Å². The van der Waals surface area contributed by atoms with Crippen molar-refractivity contribution in [3.63, 3.8) is 0 Å². The summed E-state index contributed by atoms with van der Waals surface area (Å²) >= 11 is 0. The summed E-state index contributed by atoms with van der Waals surface area (Å²) in [5.74, 6) is 0.546. The van der Waals surface area contributed by atoms with E-state index in [1.807, 2.05) is 18.2 Å². The Balaban J connectivity index is 2.29. The molecule has 0 amide bonds. The van der Waals surface area contributed by atoms with Crippen LogP contribution in [0.2, 0.25) is 18.1 Å². The van der Waals surface area contributed by atoms with Gasteiger partial charge in [-0.05, 0) is 43.0 Å². The maximum Gasteiger partial charge on any atom is 0.191 e. The number of allylic oxidation sites excluding steroid dienone is 1. The molecule has 0 heterocycles. The Kier molecular flexibility index (Phi) is 8.41. The predicted octanol–water partition coefficient (Wildman–Crippen LogP) is 6.20. The molecule has 0 bridgehead atoms. The lowest BCUT2D eigenvalue weighted by molar-refractivity contribution is 0.148. The molecule has 0 unspecified atom stereocenters. The Morgan fingerprint density at radius 2 is 1.79 bits per heavy atom. The van der Waals surface area contributed by atoms with Crippen LogP contribution in [0.15, 0.2) is 42.0 Å². The Labute approximate surface area is 150 Å². The van der Waals surface area contributed by atoms with Crippen LogP contribution in [0.3, 0.4) is 0 Å².